The smallest absolute Gasteiger partial charge is 0.416 e. The highest BCUT2D eigenvalue weighted by molar-refractivity contribution is 5.79. The van der Waals surface area contributed by atoms with Gasteiger partial charge in [0, 0.05) is 11.1 Å². The molecule has 0 heterocycles. The predicted octanol–water partition coefficient (Wildman–Crippen LogP) is 5.18. The number of benzene rings is 2. The first kappa shape index (κ1) is 15.1. The SMILES string of the molecule is COc1ccccc1C=C(F)c1cccc(C(F)(F)F)c1. The lowest BCUT2D eigenvalue weighted by atomic mass is 10.1. The van der Waals surface area contributed by atoms with E-state index < -0.39 is 17.6 Å². The highest BCUT2D eigenvalue weighted by atomic mass is 19.4. The zero-order valence-corrected chi connectivity index (χ0v) is 11.1. The highest BCUT2D eigenvalue weighted by Gasteiger charge is 2.30. The Labute approximate surface area is 119 Å². The second kappa shape index (κ2) is 5.99. The van der Waals surface area contributed by atoms with Crippen LogP contribution in [0, 0.1) is 0 Å². The molecule has 0 unspecified atom stereocenters. The monoisotopic (exact) mass is 296 g/mol. The van der Waals surface area contributed by atoms with E-state index in [9.17, 15) is 17.6 Å². The number of ether oxygens (including phenoxy) is 1. The summed E-state index contributed by atoms with van der Waals surface area (Å²) in [5.41, 5.74) is -0.561. The Bertz CT molecular complexity index is 659. The highest BCUT2D eigenvalue weighted by Crippen LogP contribution is 2.32. The van der Waals surface area contributed by atoms with E-state index >= 15 is 0 Å². The molecule has 2 aromatic carbocycles. The van der Waals surface area contributed by atoms with E-state index in [1.54, 1.807) is 24.3 Å². The summed E-state index contributed by atoms with van der Waals surface area (Å²) in [4.78, 5) is 0. The fraction of sp³-hybridized carbons (Fsp3) is 0.125. The lowest BCUT2D eigenvalue weighted by Crippen LogP contribution is -2.04. The van der Waals surface area contributed by atoms with Gasteiger partial charge in [-0.2, -0.15) is 13.2 Å². The number of rotatable bonds is 3. The standard InChI is InChI=1S/C16H12F4O/c1-21-15-8-3-2-5-12(15)10-14(17)11-6-4-7-13(9-11)16(18,19)20/h2-10H,1H3. The number of hydrogen-bond acceptors (Lipinski definition) is 1. The molecule has 0 radical (unpaired) electrons. The largest absolute Gasteiger partial charge is 0.496 e. The third kappa shape index (κ3) is 3.62. The molecule has 0 aliphatic rings. The molecule has 0 bridgehead atoms. The summed E-state index contributed by atoms with van der Waals surface area (Å²) in [6.07, 6.45) is -3.35. The van der Waals surface area contributed by atoms with Gasteiger partial charge in [0.1, 0.15) is 11.6 Å². The van der Waals surface area contributed by atoms with Gasteiger partial charge in [-0.15, -0.1) is 0 Å². The Balaban J connectivity index is 2.40. The quantitative estimate of drug-likeness (QED) is 0.560. The molecule has 2 aromatic rings. The van der Waals surface area contributed by atoms with E-state index in [0.717, 1.165) is 18.2 Å². The summed E-state index contributed by atoms with van der Waals surface area (Å²) in [6, 6.07) is 10.8. The molecule has 5 heteroatoms. The molecule has 0 spiro atoms. The van der Waals surface area contributed by atoms with Crippen molar-refractivity contribution in [1.82, 2.24) is 0 Å². The maximum Gasteiger partial charge on any atom is 0.416 e. The predicted molar refractivity (Wildman–Crippen MR) is 73.4 cm³/mol. The molecule has 0 N–H and O–H groups in total. The molecular formula is C16H12F4O. The van der Waals surface area contributed by atoms with Crippen LogP contribution in [-0.4, -0.2) is 7.11 Å². The number of alkyl halides is 3. The van der Waals surface area contributed by atoms with Gasteiger partial charge in [-0.3, -0.25) is 0 Å². The average molecular weight is 296 g/mol. The van der Waals surface area contributed by atoms with Crippen LogP contribution in [0.25, 0.3) is 11.9 Å². The first-order valence-corrected chi connectivity index (χ1v) is 6.09. The van der Waals surface area contributed by atoms with Gasteiger partial charge in [0.05, 0.1) is 12.7 Å². The van der Waals surface area contributed by atoms with Gasteiger partial charge in [0.25, 0.3) is 0 Å². The zero-order valence-electron chi connectivity index (χ0n) is 11.1. The van der Waals surface area contributed by atoms with Crippen LogP contribution in [0.3, 0.4) is 0 Å². The summed E-state index contributed by atoms with van der Waals surface area (Å²) in [6.45, 7) is 0. The molecule has 1 nitrogen and oxygen atoms in total. The minimum atomic E-state index is -4.50. The number of hydrogen-bond donors (Lipinski definition) is 0. The van der Waals surface area contributed by atoms with Gasteiger partial charge < -0.3 is 4.74 Å². The van der Waals surface area contributed by atoms with Crippen LogP contribution < -0.4 is 4.74 Å². The summed E-state index contributed by atoms with van der Waals surface area (Å²) >= 11 is 0. The fourth-order valence-electron chi connectivity index (χ4n) is 1.85. The Morgan fingerprint density at radius 2 is 1.76 bits per heavy atom. The molecule has 0 fully saturated rings. The summed E-state index contributed by atoms with van der Waals surface area (Å²) in [7, 11) is 1.44. The maximum absolute atomic E-state index is 14.1. The lowest BCUT2D eigenvalue weighted by molar-refractivity contribution is -0.137. The Morgan fingerprint density at radius 3 is 2.43 bits per heavy atom. The van der Waals surface area contributed by atoms with Crippen LogP contribution in [0.15, 0.2) is 48.5 Å². The van der Waals surface area contributed by atoms with E-state index in [1.165, 1.54) is 19.2 Å². The van der Waals surface area contributed by atoms with Gasteiger partial charge in [0.2, 0.25) is 0 Å². The van der Waals surface area contributed by atoms with Crippen molar-refractivity contribution in [3.63, 3.8) is 0 Å². The first-order valence-electron chi connectivity index (χ1n) is 6.09. The van der Waals surface area contributed by atoms with Crippen molar-refractivity contribution < 1.29 is 22.3 Å². The van der Waals surface area contributed by atoms with Crippen molar-refractivity contribution >= 4 is 11.9 Å². The molecular weight excluding hydrogens is 284 g/mol. The van der Waals surface area contributed by atoms with Crippen molar-refractivity contribution in [2.24, 2.45) is 0 Å². The summed E-state index contributed by atoms with van der Waals surface area (Å²) < 4.78 is 57.1. The van der Waals surface area contributed by atoms with E-state index in [2.05, 4.69) is 0 Å². The second-order valence-corrected chi connectivity index (χ2v) is 4.31. The van der Waals surface area contributed by atoms with E-state index in [-0.39, 0.29) is 5.56 Å². The molecule has 110 valence electrons. The van der Waals surface area contributed by atoms with Crippen molar-refractivity contribution in [3.05, 3.63) is 65.2 Å². The van der Waals surface area contributed by atoms with Crippen molar-refractivity contribution in [3.8, 4) is 5.75 Å². The fourth-order valence-corrected chi connectivity index (χ4v) is 1.85. The van der Waals surface area contributed by atoms with Crippen LogP contribution in [-0.2, 0) is 6.18 Å². The Morgan fingerprint density at radius 1 is 1.05 bits per heavy atom. The third-order valence-electron chi connectivity index (χ3n) is 2.89. The molecule has 0 saturated heterocycles. The molecule has 21 heavy (non-hydrogen) atoms. The molecule has 0 aliphatic carbocycles. The summed E-state index contributed by atoms with van der Waals surface area (Å²) in [5.74, 6) is -0.315. The van der Waals surface area contributed by atoms with E-state index in [4.69, 9.17) is 4.74 Å². The number of halogens is 4. The zero-order chi connectivity index (χ0) is 15.5. The van der Waals surface area contributed by atoms with Gasteiger partial charge >= 0.3 is 6.18 Å². The topological polar surface area (TPSA) is 9.23 Å². The molecule has 0 aliphatic heterocycles. The molecule has 0 saturated carbocycles. The normalized spacial score (nSPS) is 12.3. The third-order valence-corrected chi connectivity index (χ3v) is 2.89. The van der Waals surface area contributed by atoms with Crippen LogP contribution >= 0.6 is 0 Å². The molecule has 0 atom stereocenters. The maximum atomic E-state index is 14.1. The van der Waals surface area contributed by atoms with E-state index in [0.29, 0.717) is 11.3 Å². The van der Waals surface area contributed by atoms with Crippen molar-refractivity contribution in [2.75, 3.05) is 7.11 Å². The Hall–Kier alpha value is -2.30. The first-order chi connectivity index (χ1) is 9.91. The second-order valence-electron chi connectivity index (χ2n) is 4.31. The van der Waals surface area contributed by atoms with Crippen LogP contribution in [0.4, 0.5) is 17.6 Å². The molecule has 0 aromatic heterocycles. The average Bonchev–Trinajstić information content (AvgIpc) is 2.47. The van der Waals surface area contributed by atoms with Crippen LogP contribution in [0.1, 0.15) is 16.7 Å². The number of para-hydroxylation sites is 1. The Kier molecular flexibility index (Phi) is 4.31. The van der Waals surface area contributed by atoms with Gasteiger partial charge in [-0.25, -0.2) is 4.39 Å². The van der Waals surface area contributed by atoms with Crippen molar-refractivity contribution in [1.29, 1.82) is 0 Å². The molecule has 2 rings (SSSR count). The number of methoxy groups -OCH3 is 1. The van der Waals surface area contributed by atoms with Crippen LogP contribution in [0.2, 0.25) is 0 Å². The van der Waals surface area contributed by atoms with Crippen molar-refractivity contribution in [2.45, 2.75) is 6.18 Å². The lowest BCUT2D eigenvalue weighted by Gasteiger charge is -2.08. The molecule has 0 amide bonds. The van der Waals surface area contributed by atoms with Gasteiger partial charge in [-0.05, 0) is 24.3 Å². The minimum Gasteiger partial charge on any atom is -0.496 e. The summed E-state index contributed by atoms with van der Waals surface area (Å²) in [5, 5.41) is 0. The van der Waals surface area contributed by atoms with Gasteiger partial charge in [0.15, 0.2) is 0 Å². The van der Waals surface area contributed by atoms with E-state index in [1.807, 2.05) is 0 Å². The van der Waals surface area contributed by atoms with Gasteiger partial charge in [-0.1, -0.05) is 30.3 Å². The minimum absolute atomic E-state index is 0.129. The van der Waals surface area contributed by atoms with Crippen LogP contribution in [0.5, 0.6) is 5.75 Å².